The van der Waals surface area contributed by atoms with Crippen LogP contribution in [0.5, 0.6) is 0 Å². The quantitative estimate of drug-likeness (QED) is 0.878. The SMILES string of the molecule is C=C(NC(=O)c1ccc(F)cc1)c1ccccc1. The van der Waals surface area contributed by atoms with Crippen molar-refractivity contribution in [3.63, 3.8) is 0 Å². The summed E-state index contributed by atoms with van der Waals surface area (Å²) in [6.45, 7) is 3.80. The topological polar surface area (TPSA) is 29.1 Å². The van der Waals surface area contributed by atoms with Crippen LogP contribution >= 0.6 is 0 Å². The van der Waals surface area contributed by atoms with Crippen LogP contribution in [0.1, 0.15) is 15.9 Å². The second-order valence-corrected chi connectivity index (χ2v) is 3.81. The Morgan fingerprint density at radius 2 is 1.56 bits per heavy atom. The molecule has 0 atom stereocenters. The minimum Gasteiger partial charge on any atom is -0.322 e. The second-order valence-electron chi connectivity index (χ2n) is 3.81. The summed E-state index contributed by atoms with van der Waals surface area (Å²) >= 11 is 0. The number of benzene rings is 2. The summed E-state index contributed by atoms with van der Waals surface area (Å²) in [5.74, 6) is -0.669. The van der Waals surface area contributed by atoms with Crippen molar-refractivity contribution in [2.75, 3.05) is 0 Å². The van der Waals surface area contributed by atoms with Gasteiger partial charge in [-0.25, -0.2) is 4.39 Å². The van der Waals surface area contributed by atoms with E-state index in [-0.39, 0.29) is 11.7 Å². The summed E-state index contributed by atoms with van der Waals surface area (Å²) in [5.41, 5.74) is 1.76. The molecule has 2 aromatic rings. The smallest absolute Gasteiger partial charge is 0.255 e. The predicted octanol–water partition coefficient (Wildman–Crippen LogP) is 3.23. The summed E-state index contributed by atoms with van der Waals surface area (Å²) < 4.78 is 12.7. The molecule has 0 fully saturated rings. The molecule has 0 bridgehead atoms. The van der Waals surface area contributed by atoms with Crippen LogP contribution in [0.25, 0.3) is 5.70 Å². The van der Waals surface area contributed by atoms with E-state index < -0.39 is 0 Å². The van der Waals surface area contributed by atoms with Gasteiger partial charge in [0.25, 0.3) is 5.91 Å². The van der Waals surface area contributed by atoms with E-state index in [0.717, 1.165) is 5.56 Å². The van der Waals surface area contributed by atoms with Gasteiger partial charge in [-0.2, -0.15) is 0 Å². The monoisotopic (exact) mass is 241 g/mol. The molecule has 90 valence electrons. The fourth-order valence-electron chi connectivity index (χ4n) is 1.52. The fraction of sp³-hybridized carbons (Fsp3) is 0. The third kappa shape index (κ3) is 2.83. The molecular weight excluding hydrogens is 229 g/mol. The molecular formula is C15H12FNO. The van der Waals surface area contributed by atoms with Gasteiger partial charge in [0.05, 0.1) is 0 Å². The zero-order valence-electron chi connectivity index (χ0n) is 9.69. The molecule has 2 nitrogen and oxygen atoms in total. The highest BCUT2D eigenvalue weighted by atomic mass is 19.1. The summed E-state index contributed by atoms with van der Waals surface area (Å²) in [6, 6.07) is 14.7. The lowest BCUT2D eigenvalue weighted by Crippen LogP contribution is -2.21. The molecule has 1 N–H and O–H groups in total. The lowest BCUT2D eigenvalue weighted by atomic mass is 10.1. The maximum absolute atomic E-state index is 12.7. The highest BCUT2D eigenvalue weighted by molar-refractivity contribution is 5.99. The molecule has 0 saturated heterocycles. The third-order valence-electron chi connectivity index (χ3n) is 2.49. The maximum atomic E-state index is 12.7. The summed E-state index contributed by atoms with van der Waals surface area (Å²) in [5, 5.41) is 2.68. The first-order valence-electron chi connectivity index (χ1n) is 5.48. The Morgan fingerprint density at radius 1 is 0.944 bits per heavy atom. The Hall–Kier alpha value is -2.42. The van der Waals surface area contributed by atoms with Crippen LogP contribution in [0.15, 0.2) is 61.2 Å². The highest BCUT2D eigenvalue weighted by Crippen LogP contribution is 2.10. The number of carbonyl (C=O) groups excluding carboxylic acids is 1. The molecule has 0 aliphatic carbocycles. The van der Waals surface area contributed by atoms with Crippen molar-refractivity contribution in [2.24, 2.45) is 0 Å². The Morgan fingerprint density at radius 3 is 2.17 bits per heavy atom. The van der Waals surface area contributed by atoms with E-state index in [1.54, 1.807) is 0 Å². The fourth-order valence-corrected chi connectivity index (χ4v) is 1.52. The minimum atomic E-state index is -0.367. The maximum Gasteiger partial charge on any atom is 0.255 e. The number of hydrogen-bond acceptors (Lipinski definition) is 1. The second kappa shape index (κ2) is 5.27. The lowest BCUT2D eigenvalue weighted by molar-refractivity contribution is 0.0974. The average molecular weight is 241 g/mol. The number of hydrogen-bond donors (Lipinski definition) is 1. The lowest BCUT2D eigenvalue weighted by Gasteiger charge is -2.08. The van der Waals surface area contributed by atoms with Crippen LogP contribution in [0.2, 0.25) is 0 Å². The van der Waals surface area contributed by atoms with Crippen molar-refractivity contribution >= 4 is 11.6 Å². The van der Waals surface area contributed by atoms with Crippen molar-refractivity contribution in [3.05, 3.63) is 78.1 Å². The van der Waals surface area contributed by atoms with Gasteiger partial charge in [-0.05, 0) is 29.8 Å². The number of nitrogens with one attached hydrogen (secondary N) is 1. The molecule has 1 amide bonds. The molecule has 0 spiro atoms. The molecule has 2 aromatic carbocycles. The van der Waals surface area contributed by atoms with Gasteiger partial charge < -0.3 is 5.32 Å². The molecule has 0 unspecified atom stereocenters. The standard InChI is InChI=1S/C15H12FNO/c1-11(12-5-3-2-4-6-12)17-15(18)13-7-9-14(16)10-8-13/h2-10H,1H2,(H,17,18). The summed E-state index contributed by atoms with van der Waals surface area (Å²) in [4.78, 5) is 11.8. The van der Waals surface area contributed by atoms with E-state index in [1.165, 1.54) is 24.3 Å². The molecule has 0 aliphatic rings. The van der Waals surface area contributed by atoms with Crippen molar-refractivity contribution in [3.8, 4) is 0 Å². The Labute approximate surface area is 105 Å². The molecule has 0 saturated carbocycles. The van der Waals surface area contributed by atoms with Gasteiger partial charge in [0.15, 0.2) is 0 Å². The van der Waals surface area contributed by atoms with E-state index in [0.29, 0.717) is 11.3 Å². The van der Waals surface area contributed by atoms with Crippen LogP contribution in [0, 0.1) is 5.82 Å². The van der Waals surface area contributed by atoms with Crippen molar-refractivity contribution in [1.82, 2.24) is 5.32 Å². The minimum absolute atomic E-state index is 0.302. The van der Waals surface area contributed by atoms with Crippen LogP contribution in [0.4, 0.5) is 4.39 Å². The van der Waals surface area contributed by atoms with Gasteiger partial charge in [-0.1, -0.05) is 36.9 Å². The van der Waals surface area contributed by atoms with Gasteiger partial charge in [-0.15, -0.1) is 0 Å². The van der Waals surface area contributed by atoms with Crippen LogP contribution < -0.4 is 5.32 Å². The summed E-state index contributed by atoms with van der Waals surface area (Å²) in [6.07, 6.45) is 0. The molecule has 0 radical (unpaired) electrons. The molecule has 18 heavy (non-hydrogen) atoms. The van der Waals surface area contributed by atoms with Crippen LogP contribution in [-0.2, 0) is 0 Å². The van der Waals surface area contributed by atoms with E-state index in [9.17, 15) is 9.18 Å². The zero-order chi connectivity index (χ0) is 13.0. The van der Waals surface area contributed by atoms with E-state index in [2.05, 4.69) is 11.9 Å². The van der Waals surface area contributed by atoms with E-state index in [4.69, 9.17) is 0 Å². The van der Waals surface area contributed by atoms with Gasteiger partial charge in [0.2, 0.25) is 0 Å². The first kappa shape index (κ1) is 12.0. The summed E-state index contributed by atoms with van der Waals surface area (Å²) in [7, 11) is 0. The number of carbonyl (C=O) groups is 1. The highest BCUT2D eigenvalue weighted by Gasteiger charge is 2.07. The first-order chi connectivity index (χ1) is 8.66. The predicted molar refractivity (Wildman–Crippen MR) is 69.3 cm³/mol. The van der Waals surface area contributed by atoms with Gasteiger partial charge in [0.1, 0.15) is 5.82 Å². The number of halogens is 1. The Kier molecular flexibility index (Phi) is 3.53. The van der Waals surface area contributed by atoms with Gasteiger partial charge in [0, 0.05) is 11.3 Å². The van der Waals surface area contributed by atoms with Crippen LogP contribution in [0.3, 0.4) is 0 Å². The van der Waals surface area contributed by atoms with Crippen molar-refractivity contribution in [2.45, 2.75) is 0 Å². The van der Waals surface area contributed by atoms with Crippen LogP contribution in [-0.4, -0.2) is 5.91 Å². The largest absolute Gasteiger partial charge is 0.322 e. The molecule has 0 aliphatic heterocycles. The first-order valence-corrected chi connectivity index (χ1v) is 5.48. The Balaban J connectivity index is 2.08. The van der Waals surface area contributed by atoms with E-state index in [1.807, 2.05) is 30.3 Å². The normalized spacial score (nSPS) is 9.83. The van der Waals surface area contributed by atoms with Gasteiger partial charge >= 0.3 is 0 Å². The third-order valence-corrected chi connectivity index (χ3v) is 2.49. The molecule has 0 aromatic heterocycles. The number of amides is 1. The van der Waals surface area contributed by atoms with E-state index >= 15 is 0 Å². The zero-order valence-corrected chi connectivity index (χ0v) is 9.69. The molecule has 2 rings (SSSR count). The van der Waals surface area contributed by atoms with Gasteiger partial charge in [-0.3, -0.25) is 4.79 Å². The average Bonchev–Trinajstić information content (AvgIpc) is 2.40. The Bertz CT molecular complexity index is 561. The molecule has 0 heterocycles. The van der Waals surface area contributed by atoms with Crippen molar-refractivity contribution in [1.29, 1.82) is 0 Å². The van der Waals surface area contributed by atoms with Crippen molar-refractivity contribution < 1.29 is 9.18 Å². The molecule has 3 heteroatoms. The number of rotatable bonds is 3.